The van der Waals surface area contributed by atoms with E-state index >= 15 is 0 Å². The van der Waals surface area contributed by atoms with E-state index < -0.39 is 17.7 Å². The van der Waals surface area contributed by atoms with Gasteiger partial charge < -0.3 is 9.80 Å². The molecule has 2 heterocycles. The molecule has 3 aromatic rings. The molecule has 9 heteroatoms. The summed E-state index contributed by atoms with van der Waals surface area (Å²) in [5.41, 5.74) is -0.982. The third-order valence-corrected chi connectivity index (χ3v) is 5.09. The number of amides is 1. The van der Waals surface area contributed by atoms with Gasteiger partial charge in [-0.1, -0.05) is 0 Å². The van der Waals surface area contributed by atoms with Crippen LogP contribution in [0.4, 0.5) is 17.6 Å². The molecule has 0 unspecified atom stereocenters. The number of halogens is 4. The maximum atomic E-state index is 13.7. The Bertz CT molecular complexity index is 1090. The zero-order valence-corrected chi connectivity index (χ0v) is 16.1. The van der Waals surface area contributed by atoms with Crippen LogP contribution in [0.3, 0.4) is 0 Å². The van der Waals surface area contributed by atoms with Crippen LogP contribution in [0.25, 0.3) is 22.3 Å². The summed E-state index contributed by atoms with van der Waals surface area (Å²) in [6, 6.07) is 8.96. The van der Waals surface area contributed by atoms with Crippen LogP contribution in [0.5, 0.6) is 0 Å². The normalized spacial score (nSPS) is 15.6. The van der Waals surface area contributed by atoms with Crippen molar-refractivity contribution in [2.24, 2.45) is 0 Å². The first-order valence-electron chi connectivity index (χ1n) is 9.35. The van der Waals surface area contributed by atoms with E-state index in [9.17, 15) is 22.4 Å². The van der Waals surface area contributed by atoms with Gasteiger partial charge in [0.15, 0.2) is 5.69 Å². The van der Waals surface area contributed by atoms with Gasteiger partial charge in [0.05, 0.1) is 11.0 Å². The summed E-state index contributed by atoms with van der Waals surface area (Å²) in [4.78, 5) is 24.4. The van der Waals surface area contributed by atoms with Crippen LogP contribution in [0, 0.1) is 5.82 Å². The second-order valence-corrected chi connectivity index (χ2v) is 7.22. The SMILES string of the molecule is CN1CCN(C(=O)c2ccc3nc(-c4ccc(F)cc4)c(C(F)(F)F)nc3c2)CC1. The van der Waals surface area contributed by atoms with Crippen LogP contribution in [0.1, 0.15) is 16.1 Å². The lowest BCUT2D eigenvalue weighted by Crippen LogP contribution is -2.47. The van der Waals surface area contributed by atoms with Gasteiger partial charge in [-0.15, -0.1) is 0 Å². The van der Waals surface area contributed by atoms with Gasteiger partial charge in [0.1, 0.15) is 11.5 Å². The molecule has 1 aliphatic rings. The van der Waals surface area contributed by atoms with Gasteiger partial charge >= 0.3 is 6.18 Å². The number of carbonyl (C=O) groups excluding carboxylic acids is 1. The second kappa shape index (κ2) is 7.64. The molecule has 0 N–H and O–H groups in total. The summed E-state index contributed by atoms with van der Waals surface area (Å²) in [5.74, 6) is -0.809. The lowest BCUT2D eigenvalue weighted by Gasteiger charge is -2.32. The number of likely N-dealkylation sites (N-methyl/N-ethyl adjacent to an activating group) is 1. The van der Waals surface area contributed by atoms with Crippen molar-refractivity contribution in [3.8, 4) is 11.3 Å². The highest BCUT2D eigenvalue weighted by Crippen LogP contribution is 2.36. The molecule has 2 aromatic carbocycles. The number of rotatable bonds is 2. The molecule has 4 rings (SSSR count). The molecule has 0 saturated carbocycles. The van der Waals surface area contributed by atoms with E-state index in [0.717, 1.165) is 25.2 Å². The number of alkyl halides is 3. The van der Waals surface area contributed by atoms with E-state index in [4.69, 9.17) is 0 Å². The first kappa shape index (κ1) is 20.2. The predicted molar refractivity (Wildman–Crippen MR) is 103 cm³/mol. The minimum atomic E-state index is -4.76. The minimum Gasteiger partial charge on any atom is -0.336 e. The molecule has 0 atom stereocenters. The summed E-state index contributed by atoms with van der Waals surface area (Å²) < 4.78 is 54.2. The Morgan fingerprint density at radius 3 is 2.23 bits per heavy atom. The standard InChI is InChI=1S/C21H18F4N4O/c1-28-8-10-29(11-9-28)20(30)14-4-7-16-17(12-14)27-19(21(23,24)25)18(26-16)13-2-5-15(22)6-3-13/h2-7,12H,8-11H2,1H3. The summed E-state index contributed by atoms with van der Waals surface area (Å²) in [7, 11) is 1.96. The van der Waals surface area contributed by atoms with Crippen molar-refractivity contribution in [1.82, 2.24) is 19.8 Å². The Labute approximate surface area is 170 Å². The van der Waals surface area contributed by atoms with Gasteiger partial charge in [0, 0.05) is 37.3 Å². The highest BCUT2D eigenvalue weighted by Gasteiger charge is 2.37. The Morgan fingerprint density at radius 1 is 0.933 bits per heavy atom. The maximum absolute atomic E-state index is 13.7. The van der Waals surface area contributed by atoms with E-state index in [1.165, 1.54) is 24.3 Å². The zero-order chi connectivity index (χ0) is 21.5. The second-order valence-electron chi connectivity index (χ2n) is 7.22. The lowest BCUT2D eigenvalue weighted by atomic mass is 10.1. The van der Waals surface area contributed by atoms with Gasteiger partial charge in [-0.3, -0.25) is 4.79 Å². The zero-order valence-electron chi connectivity index (χ0n) is 16.1. The molecular weight excluding hydrogens is 400 g/mol. The van der Waals surface area contributed by atoms with E-state index in [1.54, 1.807) is 11.0 Å². The fourth-order valence-corrected chi connectivity index (χ4v) is 3.39. The number of benzene rings is 2. The molecule has 0 spiro atoms. The maximum Gasteiger partial charge on any atom is 0.435 e. The minimum absolute atomic E-state index is 0.0202. The van der Waals surface area contributed by atoms with Crippen LogP contribution in [0.2, 0.25) is 0 Å². The first-order valence-corrected chi connectivity index (χ1v) is 9.35. The molecule has 0 aliphatic carbocycles. The molecule has 30 heavy (non-hydrogen) atoms. The van der Waals surface area contributed by atoms with Crippen molar-refractivity contribution >= 4 is 16.9 Å². The van der Waals surface area contributed by atoms with Crippen LogP contribution in [0.15, 0.2) is 42.5 Å². The molecule has 1 saturated heterocycles. The number of aromatic nitrogens is 2. The molecule has 5 nitrogen and oxygen atoms in total. The smallest absolute Gasteiger partial charge is 0.336 e. The molecular formula is C21H18F4N4O. The third kappa shape index (κ3) is 3.97. The average Bonchev–Trinajstić information content (AvgIpc) is 2.72. The third-order valence-electron chi connectivity index (χ3n) is 5.09. The Balaban J connectivity index is 1.76. The fraction of sp³-hybridized carbons (Fsp3) is 0.286. The highest BCUT2D eigenvalue weighted by atomic mass is 19.4. The Hall–Kier alpha value is -3.07. The molecule has 156 valence electrons. The largest absolute Gasteiger partial charge is 0.435 e. The molecule has 1 fully saturated rings. The number of hydrogen-bond acceptors (Lipinski definition) is 4. The monoisotopic (exact) mass is 418 g/mol. The van der Waals surface area contributed by atoms with Gasteiger partial charge in [-0.25, -0.2) is 14.4 Å². The van der Waals surface area contributed by atoms with Gasteiger partial charge in [0.25, 0.3) is 5.91 Å². The molecule has 0 radical (unpaired) electrons. The Morgan fingerprint density at radius 2 is 1.60 bits per heavy atom. The van der Waals surface area contributed by atoms with Crippen LogP contribution < -0.4 is 0 Å². The van der Waals surface area contributed by atoms with Crippen LogP contribution >= 0.6 is 0 Å². The lowest BCUT2D eigenvalue weighted by molar-refractivity contribution is -0.140. The number of nitrogens with zero attached hydrogens (tertiary/aromatic N) is 4. The van der Waals surface area contributed by atoms with E-state index in [-0.39, 0.29) is 33.8 Å². The van der Waals surface area contributed by atoms with Crippen molar-refractivity contribution < 1.29 is 22.4 Å². The fourth-order valence-electron chi connectivity index (χ4n) is 3.39. The molecule has 0 bridgehead atoms. The van der Waals surface area contributed by atoms with Crippen molar-refractivity contribution in [3.05, 3.63) is 59.5 Å². The average molecular weight is 418 g/mol. The van der Waals surface area contributed by atoms with E-state index in [1.807, 2.05) is 7.05 Å². The topological polar surface area (TPSA) is 49.3 Å². The summed E-state index contributed by atoms with van der Waals surface area (Å²) in [6.07, 6.45) is -4.76. The molecule has 1 amide bonds. The first-order chi connectivity index (χ1) is 14.2. The predicted octanol–water partition coefficient (Wildman–Crippen LogP) is 3.84. The summed E-state index contributed by atoms with van der Waals surface area (Å²) in [6.45, 7) is 2.57. The van der Waals surface area contributed by atoms with Crippen molar-refractivity contribution in [1.29, 1.82) is 0 Å². The molecule has 1 aromatic heterocycles. The number of fused-ring (bicyclic) bond motifs is 1. The number of carbonyl (C=O) groups is 1. The van der Waals surface area contributed by atoms with Crippen molar-refractivity contribution in [2.75, 3.05) is 33.2 Å². The number of hydrogen-bond donors (Lipinski definition) is 0. The summed E-state index contributed by atoms with van der Waals surface area (Å²) in [5, 5.41) is 0. The summed E-state index contributed by atoms with van der Waals surface area (Å²) >= 11 is 0. The highest BCUT2D eigenvalue weighted by molar-refractivity contribution is 5.97. The molecule has 1 aliphatic heterocycles. The van der Waals surface area contributed by atoms with Crippen LogP contribution in [-0.4, -0.2) is 58.9 Å². The van der Waals surface area contributed by atoms with Gasteiger partial charge in [0.2, 0.25) is 0 Å². The Kier molecular flexibility index (Phi) is 5.15. The van der Waals surface area contributed by atoms with Crippen molar-refractivity contribution in [2.45, 2.75) is 6.18 Å². The number of piperazine rings is 1. The van der Waals surface area contributed by atoms with E-state index in [2.05, 4.69) is 14.9 Å². The van der Waals surface area contributed by atoms with Crippen LogP contribution in [-0.2, 0) is 6.18 Å². The van der Waals surface area contributed by atoms with Gasteiger partial charge in [-0.05, 0) is 49.5 Å². The van der Waals surface area contributed by atoms with Gasteiger partial charge in [-0.2, -0.15) is 13.2 Å². The van der Waals surface area contributed by atoms with E-state index in [0.29, 0.717) is 13.1 Å². The van der Waals surface area contributed by atoms with Crippen molar-refractivity contribution in [3.63, 3.8) is 0 Å². The quantitative estimate of drug-likeness (QED) is 0.594.